The average molecular weight is 346 g/mol. The molecular weight excluding hydrogens is 320 g/mol. The fourth-order valence-corrected chi connectivity index (χ4v) is 2.72. The fraction of sp³-hybridized carbons (Fsp3) is 0.500. The van der Waals surface area contributed by atoms with E-state index in [-0.39, 0.29) is 18.2 Å². The zero-order chi connectivity index (χ0) is 18.2. The Morgan fingerprint density at radius 1 is 1.04 bits per heavy atom. The van der Waals surface area contributed by atoms with Crippen LogP contribution < -0.4 is 15.5 Å². The minimum atomic E-state index is -0.434. The second kappa shape index (κ2) is 9.17. The van der Waals surface area contributed by atoms with Crippen molar-refractivity contribution in [2.24, 2.45) is 0 Å². The first-order chi connectivity index (χ1) is 12.0. The van der Waals surface area contributed by atoms with Crippen molar-refractivity contribution < 1.29 is 14.4 Å². The lowest BCUT2D eigenvalue weighted by Crippen LogP contribution is -2.51. The molecule has 1 fully saturated rings. The third-order valence-corrected chi connectivity index (χ3v) is 4.17. The lowest BCUT2D eigenvalue weighted by atomic mass is 10.1. The number of hydrogen-bond acceptors (Lipinski definition) is 5. The number of nitrogens with one attached hydrogen (secondary N) is 2. The van der Waals surface area contributed by atoms with Crippen LogP contribution in [0.15, 0.2) is 24.3 Å². The quantitative estimate of drug-likeness (QED) is 0.758. The molecule has 1 saturated heterocycles. The van der Waals surface area contributed by atoms with Gasteiger partial charge in [-0.05, 0) is 37.6 Å². The van der Waals surface area contributed by atoms with E-state index in [1.165, 1.54) is 0 Å². The van der Waals surface area contributed by atoms with Gasteiger partial charge in [0.25, 0.3) is 0 Å². The number of anilines is 1. The van der Waals surface area contributed by atoms with Gasteiger partial charge in [0.15, 0.2) is 5.78 Å². The van der Waals surface area contributed by atoms with Crippen LogP contribution in [0.2, 0.25) is 0 Å². The van der Waals surface area contributed by atoms with Crippen LogP contribution in [0.5, 0.6) is 0 Å². The van der Waals surface area contributed by atoms with Crippen LogP contribution in [-0.2, 0) is 4.79 Å². The molecule has 1 aliphatic heterocycles. The summed E-state index contributed by atoms with van der Waals surface area (Å²) in [6, 6.07) is 7.16. The van der Waals surface area contributed by atoms with Crippen LogP contribution in [0, 0.1) is 0 Å². The highest BCUT2D eigenvalue weighted by Gasteiger charge is 2.20. The Morgan fingerprint density at radius 2 is 1.68 bits per heavy atom. The topological polar surface area (TPSA) is 81.8 Å². The highest BCUT2D eigenvalue weighted by atomic mass is 16.2. The van der Waals surface area contributed by atoms with Crippen LogP contribution in [0.1, 0.15) is 30.6 Å². The summed E-state index contributed by atoms with van der Waals surface area (Å²) in [5, 5.41) is 4.97. The van der Waals surface area contributed by atoms with Gasteiger partial charge >= 0.3 is 6.03 Å². The van der Waals surface area contributed by atoms with Gasteiger partial charge in [-0.25, -0.2) is 4.79 Å². The average Bonchev–Trinajstić information content (AvgIpc) is 2.60. The van der Waals surface area contributed by atoms with Crippen LogP contribution in [0.4, 0.5) is 10.5 Å². The highest BCUT2D eigenvalue weighted by Crippen LogP contribution is 2.17. The van der Waals surface area contributed by atoms with E-state index < -0.39 is 6.03 Å². The van der Waals surface area contributed by atoms with Crippen LogP contribution >= 0.6 is 0 Å². The number of rotatable bonds is 6. The molecule has 0 aromatic heterocycles. The Hall–Kier alpha value is -2.41. The van der Waals surface area contributed by atoms with E-state index >= 15 is 0 Å². The molecule has 3 amide bonds. The standard InChI is InChI=1S/C18H26N4O3/c1-3-8-19-18(25)20-17(24)13-21-9-11-22(12-10-21)16-6-4-15(5-7-16)14(2)23/h4-7H,3,8-13H2,1-2H3,(H2,19,20,24,25). The van der Waals surface area contributed by atoms with E-state index in [9.17, 15) is 14.4 Å². The summed E-state index contributed by atoms with van der Waals surface area (Å²) in [7, 11) is 0. The van der Waals surface area contributed by atoms with Gasteiger partial charge in [-0.3, -0.25) is 19.8 Å². The number of ketones is 1. The molecule has 0 saturated carbocycles. The van der Waals surface area contributed by atoms with E-state index in [0.717, 1.165) is 38.3 Å². The van der Waals surface area contributed by atoms with Gasteiger partial charge in [0.05, 0.1) is 6.54 Å². The molecule has 0 spiro atoms. The maximum absolute atomic E-state index is 11.9. The summed E-state index contributed by atoms with van der Waals surface area (Å²) in [4.78, 5) is 38.9. The smallest absolute Gasteiger partial charge is 0.321 e. The van der Waals surface area contributed by atoms with E-state index in [1.807, 2.05) is 36.1 Å². The SMILES string of the molecule is CCCNC(=O)NC(=O)CN1CCN(c2ccc(C(C)=O)cc2)CC1. The third-order valence-electron chi connectivity index (χ3n) is 4.17. The molecule has 136 valence electrons. The Morgan fingerprint density at radius 3 is 2.24 bits per heavy atom. The molecule has 1 aliphatic rings. The first kappa shape index (κ1) is 18.9. The molecule has 1 heterocycles. The normalized spacial score (nSPS) is 14.9. The number of hydrogen-bond donors (Lipinski definition) is 2. The Labute approximate surface area is 148 Å². The molecule has 0 bridgehead atoms. The number of amides is 3. The molecule has 2 rings (SSSR count). The van der Waals surface area contributed by atoms with Crippen molar-refractivity contribution in [3.8, 4) is 0 Å². The Balaban J connectivity index is 1.76. The van der Waals surface area contributed by atoms with Crippen molar-refractivity contribution in [1.82, 2.24) is 15.5 Å². The lowest BCUT2D eigenvalue weighted by molar-refractivity contribution is -0.121. The van der Waals surface area contributed by atoms with Crippen molar-refractivity contribution in [3.05, 3.63) is 29.8 Å². The van der Waals surface area contributed by atoms with Gasteiger partial charge in [0, 0.05) is 44.0 Å². The minimum Gasteiger partial charge on any atom is -0.369 e. The van der Waals surface area contributed by atoms with E-state index in [1.54, 1.807) is 6.92 Å². The third kappa shape index (κ3) is 5.86. The molecule has 7 nitrogen and oxygen atoms in total. The van der Waals surface area contributed by atoms with Gasteiger partial charge in [0.1, 0.15) is 0 Å². The zero-order valence-corrected chi connectivity index (χ0v) is 14.9. The molecule has 1 aromatic carbocycles. The summed E-state index contributed by atoms with van der Waals surface area (Å²) in [6.07, 6.45) is 0.830. The second-order valence-corrected chi connectivity index (χ2v) is 6.17. The van der Waals surface area contributed by atoms with Gasteiger partial charge in [-0.2, -0.15) is 0 Å². The maximum Gasteiger partial charge on any atom is 0.321 e. The number of piperazine rings is 1. The monoisotopic (exact) mass is 346 g/mol. The molecule has 2 N–H and O–H groups in total. The summed E-state index contributed by atoms with van der Waals surface area (Å²) < 4.78 is 0. The molecule has 0 radical (unpaired) electrons. The second-order valence-electron chi connectivity index (χ2n) is 6.17. The molecule has 7 heteroatoms. The van der Waals surface area contributed by atoms with Crippen molar-refractivity contribution in [1.29, 1.82) is 0 Å². The Kier molecular flexibility index (Phi) is 6.94. The summed E-state index contributed by atoms with van der Waals surface area (Å²) in [5.41, 5.74) is 1.79. The number of Topliss-reactive ketones (excluding diaryl/α,β-unsaturated/α-hetero) is 1. The predicted octanol–water partition coefficient (Wildman–Crippen LogP) is 1.25. The van der Waals surface area contributed by atoms with Crippen molar-refractivity contribution in [2.45, 2.75) is 20.3 Å². The molecular formula is C18H26N4O3. The first-order valence-corrected chi connectivity index (χ1v) is 8.65. The molecule has 1 aromatic rings. The van der Waals surface area contributed by atoms with E-state index in [2.05, 4.69) is 15.5 Å². The molecule has 0 aliphatic carbocycles. The summed E-state index contributed by atoms with van der Waals surface area (Å²) in [5.74, 6) is -0.224. The van der Waals surface area contributed by atoms with Crippen molar-refractivity contribution in [3.63, 3.8) is 0 Å². The van der Waals surface area contributed by atoms with Gasteiger partial charge in [0.2, 0.25) is 5.91 Å². The van der Waals surface area contributed by atoms with E-state index in [4.69, 9.17) is 0 Å². The van der Waals surface area contributed by atoms with E-state index in [0.29, 0.717) is 12.1 Å². The van der Waals surface area contributed by atoms with Gasteiger partial charge in [-0.1, -0.05) is 6.92 Å². The fourth-order valence-electron chi connectivity index (χ4n) is 2.72. The summed E-state index contributed by atoms with van der Waals surface area (Å²) >= 11 is 0. The molecule has 0 unspecified atom stereocenters. The molecule has 25 heavy (non-hydrogen) atoms. The zero-order valence-electron chi connectivity index (χ0n) is 14.9. The number of carbonyl (C=O) groups is 3. The number of imide groups is 1. The van der Waals surface area contributed by atoms with Crippen LogP contribution in [-0.4, -0.2) is 61.9 Å². The highest BCUT2D eigenvalue weighted by molar-refractivity contribution is 5.95. The van der Waals surface area contributed by atoms with Crippen LogP contribution in [0.3, 0.4) is 0 Å². The Bertz CT molecular complexity index is 607. The largest absolute Gasteiger partial charge is 0.369 e. The van der Waals surface area contributed by atoms with Crippen molar-refractivity contribution >= 4 is 23.4 Å². The number of carbonyl (C=O) groups excluding carboxylic acids is 3. The number of benzene rings is 1. The maximum atomic E-state index is 11.9. The number of nitrogens with zero attached hydrogens (tertiary/aromatic N) is 2. The van der Waals surface area contributed by atoms with Gasteiger partial charge in [-0.15, -0.1) is 0 Å². The minimum absolute atomic E-state index is 0.0605. The number of urea groups is 1. The van der Waals surface area contributed by atoms with Crippen LogP contribution in [0.25, 0.3) is 0 Å². The van der Waals surface area contributed by atoms with Gasteiger partial charge < -0.3 is 10.2 Å². The van der Waals surface area contributed by atoms with Crippen molar-refractivity contribution in [2.75, 3.05) is 44.2 Å². The first-order valence-electron chi connectivity index (χ1n) is 8.65. The molecule has 0 atom stereocenters. The predicted molar refractivity (Wildman–Crippen MR) is 96.9 cm³/mol. The summed E-state index contributed by atoms with van der Waals surface area (Å²) in [6.45, 7) is 7.38. The lowest BCUT2D eigenvalue weighted by Gasteiger charge is -2.35.